The number of hydrazine groups is 1. The number of thioether (sulfide) groups is 1. The van der Waals surface area contributed by atoms with E-state index in [0.29, 0.717) is 17.1 Å². The molecule has 1 aliphatic heterocycles. The Morgan fingerprint density at radius 2 is 1.89 bits per heavy atom. The lowest BCUT2D eigenvalue weighted by Crippen LogP contribution is -2.44. The molecule has 144 valence electrons. The van der Waals surface area contributed by atoms with Crippen molar-refractivity contribution in [2.75, 3.05) is 6.61 Å². The summed E-state index contributed by atoms with van der Waals surface area (Å²) in [5.74, 6) is -0.0627. The Labute approximate surface area is 172 Å². The lowest BCUT2D eigenvalue weighted by Gasteiger charge is -2.15. The molecule has 0 spiro atoms. The zero-order valence-electron chi connectivity index (χ0n) is 15.0. The molecule has 1 aliphatic rings. The molecule has 2 N–H and O–H groups in total. The first-order chi connectivity index (χ1) is 13.5. The molecule has 0 atom stereocenters. The van der Waals surface area contributed by atoms with Crippen LogP contribution in [0.3, 0.4) is 0 Å². The van der Waals surface area contributed by atoms with E-state index in [0.717, 1.165) is 34.5 Å². The molecular weight excluding hydrogens is 396 g/mol. The van der Waals surface area contributed by atoms with Gasteiger partial charge in [0.2, 0.25) is 0 Å². The van der Waals surface area contributed by atoms with Crippen LogP contribution in [0.2, 0.25) is 0 Å². The van der Waals surface area contributed by atoms with Crippen molar-refractivity contribution in [3.05, 3.63) is 64.6 Å². The van der Waals surface area contributed by atoms with E-state index in [1.54, 1.807) is 6.08 Å². The van der Waals surface area contributed by atoms with Crippen molar-refractivity contribution in [1.29, 1.82) is 0 Å². The minimum absolute atomic E-state index is 0.0520. The van der Waals surface area contributed by atoms with Crippen LogP contribution in [-0.4, -0.2) is 32.9 Å². The van der Waals surface area contributed by atoms with Crippen LogP contribution in [0.4, 0.5) is 0 Å². The zero-order valence-corrected chi connectivity index (χ0v) is 16.7. The van der Waals surface area contributed by atoms with E-state index in [9.17, 15) is 14.7 Å². The molecule has 1 saturated heterocycles. The first kappa shape index (κ1) is 19.9. The zero-order chi connectivity index (χ0) is 20.1. The van der Waals surface area contributed by atoms with Gasteiger partial charge in [-0.2, -0.15) is 5.01 Å². The Kier molecular flexibility index (Phi) is 6.33. The van der Waals surface area contributed by atoms with E-state index >= 15 is 0 Å². The van der Waals surface area contributed by atoms with Gasteiger partial charge in [0.25, 0.3) is 11.8 Å². The van der Waals surface area contributed by atoms with Gasteiger partial charge >= 0.3 is 0 Å². The van der Waals surface area contributed by atoms with E-state index in [1.165, 1.54) is 24.3 Å². The number of ether oxygens (including phenoxy) is 1. The fourth-order valence-corrected chi connectivity index (χ4v) is 3.55. The Balaban J connectivity index is 1.69. The van der Waals surface area contributed by atoms with Gasteiger partial charge < -0.3 is 9.84 Å². The second-order valence-electron chi connectivity index (χ2n) is 5.92. The van der Waals surface area contributed by atoms with Crippen molar-refractivity contribution < 1.29 is 19.4 Å². The van der Waals surface area contributed by atoms with Crippen molar-refractivity contribution in [2.24, 2.45) is 0 Å². The van der Waals surface area contributed by atoms with E-state index in [-0.39, 0.29) is 10.1 Å². The molecular formula is C20H18N2O4S2. The molecule has 6 nitrogen and oxygen atoms in total. The number of nitrogens with zero attached hydrogens (tertiary/aromatic N) is 1. The fourth-order valence-electron chi connectivity index (χ4n) is 2.37. The van der Waals surface area contributed by atoms with Crippen LogP contribution in [0.25, 0.3) is 6.08 Å². The van der Waals surface area contributed by atoms with Crippen LogP contribution in [-0.2, 0) is 4.79 Å². The lowest BCUT2D eigenvalue weighted by molar-refractivity contribution is -0.123. The Morgan fingerprint density at radius 1 is 1.21 bits per heavy atom. The normalized spacial score (nSPS) is 15.2. The predicted molar refractivity (Wildman–Crippen MR) is 113 cm³/mol. The first-order valence-corrected chi connectivity index (χ1v) is 9.81. The number of rotatable bonds is 6. The van der Waals surface area contributed by atoms with Gasteiger partial charge in [0.15, 0.2) is 4.32 Å². The van der Waals surface area contributed by atoms with Gasteiger partial charge in [0, 0.05) is 5.56 Å². The molecule has 0 aliphatic carbocycles. The highest BCUT2D eigenvalue weighted by Gasteiger charge is 2.33. The topological polar surface area (TPSA) is 78.9 Å². The number of aromatic hydroxyl groups is 1. The summed E-state index contributed by atoms with van der Waals surface area (Å²) in [6.07, 6.45) is 2.65. The third kappa shape index (κ3) is 4.71. The number of benzene rings is 2. The highest BCUT2D eigenvalue weighted by atomic mass is 32.2. The monoisotopic (exact) mass is 414 g/mol. The number of carbonyl (C=O) groups is 2. The van der Waals surface area contributed by atoms with Gasteiger partial charge in [-0.05, 0) is 66.7 Å². The van der Waals surface area contributed by atoms with Crippen LogP contribution >= 0.6 is 24.0 Å². The van der Waals surface area contributed by atoms with Crippen LogP contribution in [0.5, 0.6) is 11.5 Å². The minimum atomic E-state index is -0.491. The molecule has 1 fully saturated rings. The maximum Gasteiger partial charge on any atom is 0.285 e. The fraction of sp³-hybridized carbons (Fsp3) is 0.150. The maximum atomic E-state index is 12.6. The average molecular weight is 415 g/mol. The Morgan fingerprint density at radius 3 is 2.54 bits per heavy atom. The summed E-state index contributed by atoms with van der Waals surface area (Å²) >= 11 is 6.34. The number of nitrogens with one attached hydrogen (secondary N) is 1. The highest BCUT2D eigenvalue weighted by Crippen LogP contribution is 2.31. The molecule has 28 heavy (non-hydrogen) atoms. The summed E-state index contributed by atoms with van der Waals surface area (Å²) in [6.45, 7) is 2.69. The Hall–Kier alpha value is -2.84. The second-order valence-corrected chi connectivity index (χ2v) is 7.60. The second kappa shape index (κ2) is 8.90. The quantitative estimate of drug-likeness (QED) is 0.554. The van der Waals surface area contributed by atoms with Crippen molar-refractivity contribution in [1.82, 2.24) is 10.4 Å². The van der Waals surface area contributed by atoms with Crippen LogP contribution in [0.1, 0.15) is 29.3 Å². The largest absolute Gasteiger partial charge is 0.508 e. The smallest absolute Gasteiger partial charge is 0.285 e. The molecule has 0 unspecified atom stereocenters. The predicted octanol–water partition coefficient (Wildman–Crippen LogP) is 3.73. The Bertz CT molecular complexity index is 924. The lowest BCUT2D eigenvalue weighted by atomic mass is 10.2. The molecule has 0 radical (unpaired) electrons. The highest BCUT2D eigenvalue weighted by molar-refractivity contribution is 8.26. The summed E-state index contributed by atoms with van der Waals surface area (Å²) in [4.78, 5) is 25.3. The average Bonchev–Trinajstić information content (AvgIpc) is 2.95. The molecule has 1 heterocycles. The SMILES string of the molecule is CCCOc1ccc(/C=C2\SC(=S)N(NC(=O)c3ccc(O)cc3)C2=O)cc1. The van der Waals surface area contributed by atoms with Gasteiger partial charge in [0.1, 0.15) is 11.5 Å². The van der Waals surface area contributed by atoms with Crippen molar-refractivity contribution in [3.8, 4) is 11.5 Å². The standard InChI is InChI=1S/C20H18N2O4S2/c1-2-11-26-16-9-3-13(4-10-16)12-17-19(25)22(20(27)28-17)21-18(24)14-5-7-15(23)8-6-14/h3-10,12,23H,2,11H2,1H3,(H,21,24)/b17-12-. The van der Waals surface area contributed by atoms with Crippen molar-refractivity contribution in [3.63, 3.8) is 0 Å². The molecule has 2 aromatic carbocycles. The summed E-state index contributed by atoms with van der Waals surface area (Å²) < 4.78 is 5.79. The number of amides is 2. The molecule has 0 aromatic heterocycles. The van der Waals surface area contributed by atoms with E-state index < -0.39 is 11.8 Å². The maximum absolute atomic E-state index is 12.6. The molecule has 0 saturated carbocycles. The third-order valence-electron chi connectivity index (χ3n) is 3.79. The van der Waals surface area contributed by atoms with Crippen molar-refractivity contribution >= 4 is 46.2 Å². The van der Waals surface area contributed by atoms with Crippen LogP contribution in [0.15, 0.2) is 53.4 Å². The van der Waals surface area contributed by atoms with Gasteiger partial charge in [-0.1, -0.05) is 30.8 Å². The van der Waals surface area contributed by atoms with Crippen LogP contribution < -0.4 is 10.2 Å². The number of carbonyl (C=O) groups excluding carboxylic acids is 2. The molecule has 2 amide bonds. The van der Waals surface area contributed by atoms with Crippen molar-refractivity contribution in [2.45, 2.75) is 13.3 Å². The first-order valence-electron chi connectivity index (χ1n) is 8.59. The molecule has 0 bridgehead atoms. The molecule has 2 aromatic rings. The molecule has 8 heteroatoms. The summed E-state index contributed by atoms with van der Waals surface area (Å²) in [6, 6.07) is 13.1. The van der Waals surface area contributed by atoms with E-state index in [4.69, 9.17) is 17.0 Å². The van der Waals surface area contributed by atoms with Gasteiger partial charge in [-0.15, -0.1) is 0 Å². The van der Waals surface area contributed by atoms with E-state index in [2.05, 4.69) is 5.43 Å². The third-order valence-corrected chi connectivity index (χ3v) is 5.09. The summed E-state index contributed by atoms with van der Waals surface area (Å²) in [5, 5.41) is 10.4. The summed E-state index contributed by atoms with van der Waals surface area (Å²) in [5.41, 5.74) is 3.63. The van der Waals surface area contributed by atoms with Gasteiger partial charge in [-0.3, -0.25) is 15.0 Å². The van der Waals surface area contributed by atoms with Gasteiger partial charge in [0.05, 0.1) is 11.5 Å². The number of hydrogen-bond donors (Lipinski definition) is 2. The van der Waals surface area contributed by atoms with Crippen LogP contribution in [0, 0.1) is 0 Å². The number of hydrogen-bond acceptors (Lipinski definition) is 6. The summed E-state index contributed by atoms with van der Waals surface area (Å²) in [7, 11) is 0. The number of phenols is 1. The molecule has 3 rings (SSSR count). The number of phenolic OH excluding ortho intramolecular Hbond substituents is 1. The van der Waals surface area contributed by atoms with Gasteiger partial charge in [-0.25, -0.2) is 0 Å². The number of thiocarbonyl (C=S) groups is 1. The van der Waals surface area contributed by atoms with E-state index in [1.807, 2.05) is 31.2 Å². The minimum Gasteiger partial charge on any atom is -0.508 e.